The van der Waals surface area contributed by atoms with Gasteiger partial charge in [0.15, 0.2) is 0 Å². The SMILES string of the molecule is Cc1ccc(C)c(S(=O)(=O)NCCC(=O)N2CCC(C(=O)NC3CC3)CC2)c1. The molecule has 28 heavy (non-hydrogen) atoms. The molecule has 0 unspecified atom stereocenters. The Morgan fingerprint density at radius 1 is 1.11 bits per heavy atom. The minimum atomic E-state index is -3.64. The summed E-state index contributed by atoms with van der Waals surface area (Å²) in [5.41, 5.74) is 1.55. The van der Waals surface area contributed by atoms with Gasteiger partial charge in [0.1, 0.15) is 0 Å². The van der Waals surface area contributed by atoms with Crippen molar-refractivity contribution in [2.45, 2.75) is 56.9 Å². The van der Waals surface area contributed by atoms with Crippen molar-refractivity contribution in [2.24, 2.45) is 5.92 Å². The largest absolute Gasteiger partial charge is 0.353 e. The molecule has 1 saturated heterocycles. The van der Waals surface area contributed by atoms with E-state index in [4.69, 9.17) is 0 Å². The Balaban J connectivity index is 1.44. The van der Waals surface area contributed by atoms with Crippen LogP contribution < -0.4 is 10.0 Å². The molecule has 1 aromatic rings. The number of benzene rings is 1. The van der Waals surface area contributed by atoms with Gasteiger partial charge in [0.2, 0.25) is 21.8 Å². The number of nitrogens with one attached hydrogen (secondary N) is 2. The van der Waals surface area contributed by atoms with Crippen molar-refractivity contribution in [2.75, 3.05) is 19.6 Å². The maximum Gasteiger partial charge on any atom is 0.240 e. The number of hydrogen-bond acceptors (Lipinski definition) is 4. The summed E-state index contributed by atoms with van der Waals surface area (Å²) >= 11 is 0. The van der Waals surface area contributed by atoms with E-state index in [1.807, 2.05) is 13.0 Å². The summed E-state index contributed by atoms with van der Waals surface area (Å²) in [6.45, 7) is 4.76. The number of rotatable bonds is 7. The molecule has 0 bridgehead atoms. The van der Waals surface area contributed by atoms with Crippen LogP contribution in [0.25, 0.3) is 0 Å². The third-order valence-corrected chi connectivity index (χ3v) is 7.01. The van der Waals surface area contributed by atoms with E-state index < -0.39 is 10.0 Å². The van der Waals surface area contributed by atoms with Gasteiger partial charge in [-0.3, -0.25) is 9.59 Å². The molecule has 1 aromatic carbocycles. The van der Waals surface area contributed by atoms with E-state index in [0.717, 1.165) is 18.4 Å². The van der Waals surface area contributed by atoms with Crippen molar-refractivity contribution in [3.63, 3.8) is 0 Å². The molecule has 154 valence electrons. The molecule has 3 rings (SSSR count). The van der Waals surface area contributed by atoms with Crippen LogP contribution in [0.1, 0.15) is 43.2 Å². The summed E-state index contributed by atoms with van der Waals surface area (Å²) in [7, 11) is -3.64. The molecule has 0 aromatic heterocycles. The molecular formula is C20H29N3O4S. The number of carbonyl (C=O) groups is 2. The fourth-order valence-electron chi connectivity index (χ4n) is 3.46. The lowest BCUT2D eigenvalue weighted by atomic mass is 9.95. The van der Waals surface area contributed by atoms with E-state index >= 15 is 0 Å². The minimum absolute atomic E-state index is 0.0209. The molecule has 2 aliphatic rings. The van der Waals surface area contributed by atoms with Gasteiger partial charge in [0, 0.05) is 38.0 Å². The predicted octanol–water partition coefficient (Wildman–Crippen LogP) is 1.49. The number of likely N-dealkylation sites (tertiary alicyclic amines) is 1. The third-order valence-electron chi connectivity index (χ3n) is 5.41. The van der Waals surface area contributed by atoms with Crippen LogP contribution >= 0.6 is 0 Å². The van der Waals surface area contributed by atoms with Crippen molar-refractivity contribution in [3.8, 4) is 0 Å². The summed E-state index contributed by atoms with van der Waals surface area (Å²) in [6, 6.07) is 5.64. The van der Waals surface area contributed by atoms with Crippen molar-refractivity contribution >= 4 is 21.8 Å². The van der Waals surface area contributed by atoms with Gasteiger partial charge < -0.3 is 10.2 Å². The van der Waals surface area contributed by atoms with Crippen LogP contribution in [0.5, 0.6) is 0 Å². The lowest BCUT2D eigenvalue weighted by Gasteiger charge is -2.31. The number of amides is 2. The Kier molecular flexibility index (Phi) is 6.40. The van der Waals surface area contributed by atoms with Crippen LogP contribution in [-0.2, 0) is 19.6 Å². The summed E-state index contributed by atoms with van der Waals surface area (Å²) in [6.07, 6.45) is 3.59. The van der Waals surface area contributed by atoms with E-state index in [-0.39, 0.29) is 35.6 Å². The molecule has 0 atom stereocenters. The Bertz CT molecular complexity index is 841. The number of piperidine rings is 1. The Labute approximate surface area is 166 Å². The Hall–Kier alpha value is -1.93. The first-order chi connectivity index (χ1) is 13.3. The number of aryl methyl sites for hydroxylation is 2. The summed E-state index contributed by atoms with van der Waals surface area (Å²) < 4.78 is 27.5. The molecule has 1 saturated carbocycles. The van der Waals surface area contributed by atoms with Gasteiger partial charge in [-0.25, -0.2) is 13.1 Å². The number of nitrogens with zero attached hydrogens (tertiary/aromatic N) is 1. The zero-order chi connectivity index (χ0) is 20.3. The first kappa shape index (κ1) is 20.8. The summed E-state index contributed by atoms with van der Waals surface area (Å²) in [5.74, 6) is 0.00745. The van der Waals surface area contributed by atoms with E-state index in [2.05, 4.69) is 10.0 Å². The fraction of sp³-hybridized carbons (Fsp3) is 0.600. The van der Waals surface area contributed by atoms with Gasteiger partial charge in [-0.15, -0.1) is 0 Å². The molecule has 1 aliphatic heterocycles. The summed E-state index contributed by atoms with van der Waals surface area (Å²) in [5, 5.41) is 3.02. The van der Waals surface area contributed by atoms with Gasteiger partial charge in [0.05, 0.1) is 4.90 Å². The maximum atomic E-state index is 12.5. The molecule has 0 radical (unpaired) electrons. The topological polar surface area (TPSA) is 95.6 Å². The average Bonchev–Trinajstić information content (AvgIpc) is 3.47. The van der Waals surface area contributed by atoms with Crippen LogP contribution in [0.4, 0.5) is 0 Å². The molecule has 8 heteroatoms. The van der Waals surface area contributed by atoms with Gasteiger partial charge in [-0.1, -0.05) is 12.1 Å². The van der Waals surface area contributed by atoms with Crippen LogP contribution in [-0.4, -0.2) is 50.8 Å². The molecule has 7 nitrogen and oxygen atoms in total. The predicted molar refractivity (Wildman–Crippen MR) is 106 cm³/mol. The zero-order valence-electron chi connectivity index (χ0n) is 16.5. The Morgan fingerprint density at radius 3 is 2.43 bits per heavy atom. The number of hydrogen-bond donors (Lipinski definition) is 2. The fourth-order valence-corrected chi connectivity index (χ4v) is 4.82. The molecule has 0 spiro atoms. The normalized spacial score (nSPS) is 18.1. The second-order valence-electron chi connectivity index (χ2n) is 7.85. The van der Waals surface area contributed by atoms with E-state index in [9.17, 15) is 18.0 Å². The van der Waals surface area contributed by atoms with Crippen molar-refractivity contribution in [1.29, 1.82) is 0 Å². The number of carbonyl (C=O) groups excluding carboxylic acids is 2. The van der Waals surface area contributed by atoms with Crippen LogP contribution in [0.15, 0.2) is 23.1 Å². The van der Waals surface area contributed by atoms with Gasteiger partial charge in [-0.05, 0) is 56.7 Å². The molecule has 2 amide bonds. The first-order valence-corrected chi connectivity index (χ1v) is 11.4. The highest BCUT2D eigenvalue weighted by Crippen LogP contribution is 2.23. The molecule has 1 aliphatic carbocycles. The highest BCUT2D eigenvalue weighted by molar-refractivity contribution is 7.89. The second kappa shape index (κ2) is 8.61. The highest BCUT2D eigenvalue weighted by Gasteiger charge is 2.31. The van der Waals surface area contributed by atoms with Gasteiger partial charge >= 0.3 is 0 Å². The first-order valence-electron chi connectivity index (χ1n) is 9.91. The Morgan fingerprint density at radius 2 is 1.79 bits per heavy atom. The van der Waals surface area contributed by atoms with E-state index in [0.29, 0.717) is 37.5 Å². The molecule has 1 heterocycles. The van der Waals surface area contributed by atoms with Crippen molar-refractivity contribution < 1.29 is 18.0 Å². The highest BCUT2D eigenvalue weighted by atomic mass is 32.2. The molecular weight excluding hydrogens is 378 g/mol. The number of sulfonamides is 1. The van der Waals surface area contributed by atoms with Crippen molar-refractivity contribution in [1.82, 2.24) is 14.9 Å². The van der Waals surface area contributed by atoms with Crippen LogP contribution in [0.3, 0.4) is 0 Å². The van der Waals surface area contributed by atoms with E-state index in [1.165, 1.54) is 0 Å². The van der Waals surface area contributed by atoms with Crippen LogP contribution in [0, 0.1) is 19.8 Å². The lowest BCUT2D eigenvalue weighted by molar-refractivity contribution is -0.135. The van der Waals surface area contributed by atoms with Gasteiger partial charge in [-0.2, -0.15) is 0 Å². The third kappa shape index (κ3) is 5.32. The van der Waals surface area contributed by atoms with Gasteiger partial charge in [0.25, 0.3) is 0 Å². The van der Waals surface area contributed by atoms with E-state index in [1.54, 1.807) is 24.0 Å². The summed E-state index contributed by atoms with van der Waals surface area (Å²) in [4.78, 5) is 26.5. The average molecular weight is 408 g/mol. The lowest BCUT2D eigenvalue weighted by Crippen LogP contribution is -2.44. The minimum Gasteiger partial charge on any atom is -0.353 e. The molecule has 2 fully saturated rings. The maximum absolute atomic E-state index is 12.5. The second-order valence-corrected chi connectivity index (χ2v) is 9.59. The van der Waals surface area contributed by atoms with Crippen LogP contribution in [0.2, 0.25) is 0 Å². The zero-order valence-corrected chi connectivity index (χ0v) is 17.3. The quantitative estimate of drug-likeness (QED) is 0.716. The molecule has 2 N–H and O–H groups in total. The smallest absolute Gasteiger partial charge is 0.240 e. The van der Waals surface area contributed by atoms with Crippen molar-refractivity contribution in [3.05, 3.63) is 29.3 Å². The monoisotopic (exact) mass is 407 g/mol. The standard InChI is InChI=1S/C20H29N3O4S/c1-14-3-4-15(2)18(13-14)28(26,27)21-10-7-19(24)23-11-8-16(9-12-23)20(25)22-17-5-6-17/h3-4,13,16-17,21H,5-12H2,1-2H3,(H,22,25).